The summed E-state index contributed by atoms with van der Waals surface area (Å²) in [6.45, 7) is 0. The second-order valence-corrected chi connectivity index (χ2v) is 10.1. The molecule has 0 amide bonds. The lowest BCUT2D eigenvalue weighted by Crippen LogP contribution is -2.21. The van der Waals surface area contributed by atoms with Gasteiger partial charge in [0.2, 0.25) is 0 Å². The summed E-state index contributed by atoms with van der Waals surface area (Å²) in [5, 5.41) is 0.0219. The predicted molar refractivity (Wildman–Crippen MR) is 120 cm³/mol. The van der Waals surface area contributed by atoms with Crippen LogP contribution < -0.4 is 4.90 Å². The van der Waals surface area contributed by atoms with Crippen LogP contribution in [-0.4, -0.2) is 36.0 Å². The van der Waals surface area contributed by atoms with Gasteiger partial charge in [-0.1, -0.05) is 48.5 Å². The van der Waals surface area contributed by atoms with Crippen molar-refractivity contribution in [2.45, 2.75) is 15.8 Å². The maximum Gasteiger partial charge on any atom is 0.338 e. The fraction of sp³-hybridized carbons (Fsp3) is 0.136. The van der Waals surface area contributed by atoms with Gasteiger partial charge in [-0.15, -0.1) is 0 Å². The standard InChI is InChI=1S/C22H21N3O3S2/c1-24(2)20-14-8-6-10-17(20)16-29(26)22-23-19-13-7-9-15-21(19)25(22)30(27,28)18-11-4-3-5-12-18/h3-15H,16H2,1-2H3. The van der Waals surface area contributed by atoms with Crippen molar-refractivity contribution in [1.82, 2.24) is 8.96 Å². The Kier molecular flexibility index (Phi) is 5.55. The Hall–Kier alpha value is -2.81. The average Bonchev–Trinajstić information content (AvgIpc) is 3.15. The minimum absolute atomic E-state index is 0.0219. The first-order valence-electron chi connectivity index (χ1n) is 9.31. The van der Waals surface area contributed by atoms with Crippen molar-refractivity contribution in [1.29, 1.82) is 0 Å². The quantitative estimate of drug-likeness (QED) is 0.429. The third kappa shape index (κ3) is 3.69. The van der Waals surface area contributed by atoms with E-state index in [2.05, 4.69) is 4.98 Å². The first-order valence-corrected chi connectivity index (χ1v) is 12.1. The van der Waals surface area contributed by atoms with Crippen molar-refractivity contribution in [3.63, 3.8) is 0 Å². The molecule has 0 bridgehead atoms. The van der Waals surface area contributed by atoms with Crippen LogP contribution in [0.3, 0.4) is 0 Å². The van der Waals surface area contributed by atoms with Crippen LogP contribution in [0.5, 0.6) is 0 Å². The van der Waals surface area contributed by atoms with Gasteiger partial charge in [0.05, 0.1) is 15.9 Å². The lowest BCUT2D eigenvalue weighted by molar-refractivity contribution is 0.569. The molecule has 0 radical (unpaired) electrons. The Morgan fingerprint density at radius 2 is 1.57 bits per heavy atom. The van der Waals surface area contributed by atoms with Crippen LogP contribution in [0.25, 0.3) is 11.0 Å². The molecule has 8 heteroatoms. The second-order valence-electron chi connectivity index (χ2n) is 6.98. The highest BCUT2D eigenvalue weighted by Crippen LogP contribution is 2.29. The molecule has 0 saturated carbocycles. The van der Waals surface area contributed by atoms with Gasteiger partial charge in [-0.25, -0.2) is 8.42 Å². The summed E-state index contributed by atoms with van der Waals surface area (Å²) in [5.74, 6) is 0.155. The lowest BCUT2D eigenvalue weighted by atomic mass is 10.2. The van der Waals surface area contributed by atoms with Crippen LogP contribution in [0, 0.1) is 0 Å². The zero-order valence-electron chi connectivity index (χ0n) is 16.6. The van der Waals surface area contributed by atoms with Crippen molar-refractivity contribution < 1.29 is 13.0 Å². The van der Waals surface area contributed by atoms with Gasteiger partial charge in [-0.3, -0.25) is 0 Å². The third-order valence-electron chi connectivity index (χ3n) is 4.74. The molecule has 0 N–H and O–H groups in total. The smallest absolute Gasteiger partial charge is 0.338 e. The van der Waals surface area contributed by atoms with Crippen molar-refractivity contribution in [2.24, 2.45) is 0 Å². The number of fused-ring (bicyclic) bond motifs is 1. The summed E-state index contributed by atoms with van der Waals surface area (Å²) in [4.78, 5) is 6.51. The van der Waals surface area contributed by atoms with E-state index in [1.54, 1.807) is 42.5 Å². The summed E-state index contributed by atoms with van der Waals surface area (Å²) in [5.41, 5.74) is 2.68. The molecule has 0 saturated heterocycles. The van der Waals surface area contributed by atoms with Gasteiger partial charge in [0.1, 0.15) is 5.75 Å². The highest BCUT2D eigenvalue weighted by atomic mass is 32.2. The first kappa shape index (κ1) is 20.5. The average molecular weight is 440 g/mol. The molecule has 6 nitrogen and oxygen atoms in total. The number of rotatable bonds is 6. The largest absolute Gasteiger partial charge is 0.609 e. The number of hydrogen-bond acceptors (Lipinski definition) is 5. The van der Waals surface area contributed by atoms with Gasteiger partial charge in [0.15, 0.2) is 0 Å². The van der Waals surface area contributed by atoms with E-state index in [-0.39, 0.29) is 15.8 Å². The zero-order chi connectivity index (χ0) is 21.3. The van der Waals surface area contributed by atoms with E-state index < -0.39 is 21.2 Å². The molecular weight excluding hydrogens is 418 g/mol. The molecular formula is C22H21N3O3S2. The van der Waals surface area contributed by atoms with Gasteiger partial charge in [-0.05, 0) is 30.3 Å². The van der Waals surface area contributed by atoms with Gasteiger partial charge >= 0.3 is 5.16 Å². The molecule has 1 unspecified atom stereocenters. The molecule has 1 heterocycles. The van der Waals surface area contributed by atoms with Crippen LogP contribution in [0.4, 0.5) is 5.69 Å². The van der Waals surface area contributed by atoms with Crippen molar-refractivity contribution >= 4 is 37.9 Å². The fourth-order valence-electron chi connectivity index (χ4n) is 3.33. The highest BCUT2D eigenvalue weighted by molar-refractivity contribution is 7.93. The van der Waals surface area contributed by atoms with Crippen LogP contribution >= 0.6 is 0 Å². The van der Waals surface area contributed by atoms with E-state index in [4.69, 9.17) is 0 Å². The van der Waals surface area contributed by atoms with E-state index in [0.29, 0.717) is 11.0 Å². The fourth-order valence-corrected chi connectivity index (χ4v) is 6.39. The molecule has 0 aliphatic rings. The SMILES string of the molecule is CN(C)c1ccccc1C[S+]([O-])c1nc2ccccc2n1S(=O)(=O)c1ccccc1. The Bertz CT molecular complexity index is 1290. The molecule has 154 valence electrons. The summed E-state index contributed by atoms with van der Waals surface area (Å²) in [7, 11) is -0.139. The van der Waals surface area contributed by atoms with E-state index >= 15 is 0 Å². The number of imidazole rings is 1. The number of nitrogens with zero attached hydrogens (tertiary/aromatic N) is 3. The molecule has 4 aromatic rings. The van der Waals surface area contributed by atoms with E-state index in [1.807, 2.05) is 43.3 Å². The van der Waals surface area contributed by atoms with E-state index in [1.165, 1.54) is 12.1 Å². The zero-order valence-corrected chi connectivity index (χ0v) is 18.2. The molecule has 0 fully saturated rings. The highest BCUT2D eigenvalue weighted by Gasteiger charge is 2.31. The van der Waals surface area contributed by atoms with Crippen molar-refractivity contribution in [2.75, 3.05) is 19.0 Å². The van der Waals surface area contributed by atoms with Gasteiger partial charge in [0, 0.05) is 36.5 Å². The normalized spacial score (nSPS) is 12.8. The van der Waals surface area contributed by atoms with E-state index in [9.17, 15) is 13.0 Å². The molecule has 3 aromatic carbocycles. The second kappa shape index (κ2) is 8.14. The summed E-state index contributed by atoms with van der Waals surface area (Å²) in [6, 6.07) is 22.7. The minimum atomic E-state index is -3.97. The van der Waals surface area contributed by atoms with Crippen molar-refractivity contribution in [3.05, 3.63) is 84.4 Å². The topological polar surface area (TPSA) is 78.3 Å². The van der Waals surface area contributed by atoms with E-state index in [0.717, 1.165) is 15.2 Å². The maximum absolute atomic E-state index is 13.4. The molecule has 1 aromatic heterocycles. The molecule has 0 aliphatic carbocycles. The first-order chi connectivity index (χ1) is 14.4. The Labute approximate surface area is 179 Å². The number of para-hydroxylation sites is 3. The Morgan fingerprint density at radius 1 is 0.933 bits per heavy atom. The molecule has 4 rings (SSSR count). The summed E-state index contributed by atoms with van der Waals surface area (Å²) >= 11 is -1.68. The number of hydrogen-bond donors (Lipinski definition) is 0. The van der Waals surface area contributed by atoms with Gasteiger partial charge in [0.25, 0.3) is 10.0 Å². The Morgan fingerprint density at radius 3 is 2.30 bits per heavy atom. The monoisotopic (exact) mass is 439 g/mol. The molecule has 0 spiro atoms. The van der Waals surface area contributed by atoms with Crippen LogP contribution in [-0.2, 0) is 27.0 Å². The Balaban J connectivity index is 1.85. The minimum Gasteiger partial charge on any atom is -0.609 e. The molecule has 0 aliphatic heterocycles. The van der Waals surface area contributed by atoms with Crippen molar-refractivity contribution in [3.8, 4) is 0 Å². The summed E-state index contributed by atoms with van der Waals surface area (Å²) in [6.07, 6.45) is 0. The maximum atomic E-state index is 13.4. The number of aromatic nitrogens is 2. The van der Waals surface area contributed by atoms with Gasteiger partial charge < -0.3 is 9.45 Å². The van der Waals surface area contributed by atoms with Crippen LogP contribution in [0.2, 0.25) is 0 Å². The lowest BCUT2D eigenvalue weighted by Gasteiger charge is -2.18. The third-order valence-corrected chi connectivity index (χ3v) is 7.82. The van der Waals surface area contributed by atoms with Crippen LogP contribution in [0.1, 0.15) is 5.56 Å². The predicted octanol–water partition coefficient (Wildman–Crippen LogP) is 3.65. The molecule has 30 heavy (non-hydrogen) atoms. The molecule has 1 atom stereocenters. The van der Waals surface area contributed by atoms with Crippen LogP contribution in [0.15, 0.2) is 88.9 Å². The number of anilines is 1. The summed E-state index contributed by atoms with van der Waals surface area (Å²) < 4.78 is 41.4. The number of benzene rings is 3. The van der Waals surface area contributed by atoms with Gasteiger partial charge in [-0.2, -0.15) is 8.96 Å².